The fourth-order valence-electron chi connectivity index (χ4n) is 5.13. The molecule has 0 aromatic heterocycles. The van der Waals surface area contributed by atoms with E-state index in [4.69, 9.17) is 4.74 Å². The van der Waals surface area contributed by atoms with Crippen LogP contribution in [-0.4, -0.2) is 19.2 Å². The molecule has 0 saturated heterocycles. The lowest BCUT2D eigenvalue weighted by molar-refractivity contribution is 0.214. The van der Waals surface area contributed by atoms with Gasteiger partial charge in [-0.3, -0.25) is 0 Å². The monoisotopic (exact) mass is 369 g/mol. The number of ether oxygens (including phenoxy) is 1. The van der Waals surface area contributed by atoms with Gasteiger partial charge in [-0.05, 0) is 34.9 Å². The van der Waals surface area contributed by atoms with Crippen LogP contribution in [0.25, 0.3) is 0 Å². The predicted molar refractivity (Wildman–Crippen MR) is 116 cm³/mol. The first-order valence-electron chi connectivity index (χ1n) is 10.2. The SMILES string of the molecule is CN1c2cc3c(cc2OC2C=CC=CC21)C(C)(C)C1=C(C#CCC=C1)C3(C)C. The number of nitrogens with zero attached hydrogens (tertiary/aromatic N) is 1. The van der Waals surface area contributed by atoms with Gasteiger partial charge in [-0.1, -0.05) is 69.9 Å². The van der Waals surface area contributed by atoms with E-state index in [0.717, 1.165) is 12.2 Å². The molecule has 0 saturated carbocycles. The first-order valence-corrected chi connectivity index (χ1v) is 10.2. The minimum atomic E-state index is -0.128. The zero-order valence-corrected chi connectivity index (χ0v) is 17.3. The van der Waals surface area contributed by atoms with Crippen molar-refractivity contribution in [2.75, 3.05) is 11.9 Å². The van der Waals surface area contributed by atoms with Crippen LogP contribution in [0, 0.1) is 11.8 Å². The molecule has 0 radical (unpaired) electrons. The molecule has 1 aliphatic heterocycles. The van der Waals surface area contributed by atoms with Gasteiger partial charge in [-0.25, -0.2) is 0 Å². The summed E-state index contributed by atoms with van der Waals surface area (Å²) in [6.45, 7) is 9.26. The summed E-state index contributed by atoms with van der Waals surface area (Å²) in [6, 6.07) is 4.89. The summed E-state index contributed by atoms with van der Waals surface area (Å²) < 4.78 is 6.45. The highest BCUT2D eigenvalue weighted by molar-refractivity contribution is 5.72. The maximum Gasteiger partial charge on any atom is 0.143 e. The number of hydrogen-bond acceptors (Lipinski definition) is 2. The second-order valence-electron chi connectivity index (χ2n) is 9.27. The van der Waals surface area contributed by atoms with Crippen LogP contribution in [-0.2, 0) is 10.8 Å². The summed E-state index contributed by atoms with van der Waals surface area (Å²) in [5, 5.41) is 0. The second-order valence-corrected chi connectivity index (χ2v) is 9.27. The summed E-state index contributed by atoms with van der Waals surface area (Å²) >= 11 is 0. The number of anilines is 1. The molecule has 1 heterocycles. The summed E-state index contributed by atoms with van der Waals surface area (Å²) in [4.78, 5) is 2.36. The molecule has 5 rings (SSSR count). The van der Waals surface area contributed by atoms with Crippen molar-refractivity contribution in [1.82, 2.24) is 0 Å². The molecule has 0 bridgehead atoms. The third-order valence-electron chi connectivity index (χ3n) is 6.88. The molecule has 2 atom stereocenters. The molecule has 28 heavy (non-hydrogen) atoms. The molecular weight excluding hydrogens is 342 g/mol. The highest BCUT2D eigenvalue weighted by Crippen LogP contribution is 2.53. The van der Waals surface area contributed by atoms with Crippen LogP contribution in [0.4, 0.5) is 5.69 Å². The summed E-state index contributed by atoms with van der Waals surface area (Å²) in [7, 11) is 2.18. The highest BCUT2D eigenvalue weighted by Gasteiger charge is 2.44. The lowest BCUT2D eigenvalue weighted by Crippen LogP contribution is -2.47. The van der Waals surface area contributed by atoms with Crippen molar-refractivity contribution in [3.8, 4) is 17.6 Å². The maximum atomic E-state index is 6.45. The molecule has 0 N–H and O–H groups in total. The number of fused-ring (bicyclic) bond motifs is 3. The molecule has 0 fully saturated rings. The molecule has 142 valence electrons. The van der Waals surface area contributed by atoms with E-state index in [9.17, 15) is 0 Å². The molecule has 2 unspecified atom stereocenters. The fraction of sp³-hybridized carbons (Fsp3) is 0.385. The highest BCUT2D eigenvalue weighted by atomic mass is 16.5. The van der Waals surface area contributed by atoms with E-state index in [-0.39, 0.29) is 23.0 Å². The van der Waals surface area contributed by atoms with Crippen LogP contribution >= 0.6 is 0 Å². The van der Waals surface area contributed by atoms with Crippen molar-refractivity contribution in [2.45, 2.75) is 57.1 Å². The average Bonchev–Trinajstić information content (AvgIpc) is 2.94. The number of hydrogen-bond donors (Lipinski definition) is 0. The molecule has 0 amide bonds. The van der Waals surface area contributed by atoms with Gasteiger partial charge in [0, 0.05) is 29.9 Å². The van der Waals surface area contributed by atoms with Crippen LogP contribution in [0.1, 0.15) is 45.2 Å². The van der Waals surface area contributed by atoms with Crippen molar-refractivity contribution in [3.05, 3.63) is 70.9 Å². The van der Waals surface area contributed by atoms with Crippen LogP contribution in [0.5, 0.6) is 5.75 Å². The number of benzene rings is 1. The predicted octanol–water partition coefficient (Wildman–Crippen LogP) is 5.21. The average molecular weight is 370 g/mol. The van der Waals surface area contributed by atoms with Gasteiger partial charge in [0.1, 0.15) is 11.9 Å². The summed E-state index contributed by atoms with van der Waals surface area (Å²) in [6.07, 6.45) is 13.9. The van der Waals surface area contributed by atoms with Gasteiger partial charge >= 0.3 is 0 Å². The van der Waals surface area contributed by atoms with Crippen LogP contribution in [0.3, 0.4) is 0 Å². The quantitative estimate of drug-likeness (QED) is 0.582. The minimum absolute atomic E-state index is 0.0682. The molecule has 3 aliphatic carbocycles. The third kappa shape index (κ3) is 2.23. The van der Waals surface area contributed by atoms with Crippen LogP contribution in [0.15, 0.2) is 59.7 Å². The Morgan fingerprint density at radius 2 is 1.79 bits per heavy atom. The van der Waals surface area contributed by atoms with Gasteiger partial charge in [-0.2, -0.15) is 0 Å². The van der Waals surface area contributed by atoms with Crippen molar-refractivity contribution in [1.29, 1.82) is 0 Å². The molecule has 1 aromatic rings. The largest absolute Gasteiger partial charge is 0.482 e. The van der Waals surface area contributed by atoms with Crippen molar-refractivity contribution >= 4 is 5.69 Å². The Morgan fingerprint density at radius 3 is 2.61 bits per heavy atom. The van der Waals surface area contributed by atoms with Gasteiger partial charge in [-0.15, -0.1) is 0 Å². The number of likely N-dealkylation sites (N-methyl/N-ethyl adjacent to an activating group) is 1. The Labute approximate surface area is 168 Å². The van der Waals surface area contributed by atoms with Gasteiger partial charge in [0.2, 0.25) is 0 Å². The van der Waals surface area contributed by atoms with Crippen molar-refractivity contribution < 1.29 is 4.74 Å². The molecule has 2 heteroatoms. The van der Waals surface area contributed by atoms with Crippen molar-refractivity contribution in [2.24, 2.45) is 0 Å². The molecule has 0 spiro atoms. The molecule has 4 aliphatic rings. The first-order chi connectivity index (χ1) is 13.3. The number of rotatable bonds is 0. The lowest BCUT2D eigenvalue weighted by Gasteiger charge is -2.46. The molecular formula is C26H27NO. The second kappa shape index (κ2) is 5.67. The van der Waals surface area contributed by atoms with Crippen LogP contribution in [0.2, 0.25) is 0 Å². The zero-order chi connectivity index (χ0) is 19.7. The zero-order valence-electron chi connectivity index (χ0n) is 17.3. The fourth-order valence-corrected chi connectivity index (χ4v) is 5.13. The van der Waals surface area contributed by atoms with Crippen LogP contribution < -0.4 is 9.64 Å². The first kappa shape index (κ1) is 17.4. The summed E-state index contributed by atoms with van der Waals surface area (Å²) in [5.74, 6) is 7.83. The molecule has 1 aromatic carbocycles. The van der Waals surface area contributed by atoms with E-state index < -0.39 is 0 Å². The standard InChI is InChI=1S/C26H27NO/c1-25(2)17-11-7-6-8-12-18(17)26(3,4)20-16-24-22(15-19(20)25)27(5)21-13-9-10-14-23(21)28-24/h8-10,12-16,21,23H,6H2,1-5H3. The van der Waals surface area contributed by atoms with E-state index in [1.165, 1.54) is 28.0 Å². The Balaban J connectivity index is 1.75. The Kier molecular flexibility index (Phi) is 3.53. The Morgan fingerprint density at radius 1 is 1.04 bits per heavy atom. The number of allylic oxidation sites excluding steroid dienone is 6. The van der Waals surface area contributed by atoms with Gasteiger partial charge in [0.25, 0.3) is 0 Å². The normalized spacial score (nSPS) is 27.5. The lowest BCUT2D eigenvalue weighted by atomic mass is 9.60. The van der Waals surface area contributed by atoms with E-state index in [2.05, 4.69) is 100 Å². The maximum absolute atomic E-state index is 6.45. The van der Waals surface area contributed by atoms with E-state index in [1.54, 1.807) is 0 Å². The van der Waals surface area contributed by atoms with E-state index in [1.807, 2.05) is 0 Å². The van der Waals surface area contributed by atoms with Gasteiger partial charge < -0.3 is 9.64 Å². The van der Waals surface area contributed by atoms with E-state index in [0.29, 0.717) is 0 Å². The minimum Gasteiger partial charge on any atom is -0.482 e. The Hall–Kier alpha value is -2.66. The van der Waals surface area contributed by atoms with Crippen molar-refractivity contribution in [3.63, 3.8) is 0 Å². The topological polar surface area (TPSA) is 12.5 Å². The van der Waals surface area contributed by atoms with E-state index >= 15 is 0 Å². The Bertz CT molecular complexity index is 1050. The smallest absolute Gasteiger partial charge is 0.143 e. The molecule has 2 nitrogen and oxygen atoms in total. The summed E-state index contributed by atoms with van der Waals surface area (Å²) in [5.41, 5.74) is 6.26. The third-order valence-corrected chi connectivity index (χ3v) is 6.88. The van der Waals surface area contributed by atoms with Gasteiger partial charge in [0.05, 0.1) is 11.7 Å². The van der Waals surface area contributed by atoms with Gasteiger partial charge in [0.15, 0.2) is 0 Å².